The molecule has 37 heavy (non-hydrogen) atoms. The lowest BCUT2D eigenvalue weighted by Gasteiger charge is -2.32. The van der Waals surface area contributed by atoms with E-state index >= 15 is 0 Å². The van der Waals surface area contributed by atoms with Gasteiger partial charge in [0.25, 0.3) is 0 Å². The number of fused-ring (bicyclic) bond motifs is 1. The molecule has 200 valence electrons. The van der Waals surface area contributed by atoms with E-state index in [4.69, 9.17) is 9.47 Å². The third-order valence-electron chi connectivity index (χ3n) is 6.93. The molecule has 1 aliphatic carbocycles. The van der Waals surface area contributed by atoms with Gasteiger partial charge in [0.1, 0.15) is 12.6 Å². The molecule has 0 bridgehead atoms. The fourth-order valence-electron chi connectivity index (χ4n) is 4.74. The van der Waals surface area contributed by atoms with Gasteiger partial charge in [-0.05, 0) is 51.3 Å². The molecule has 2 aliphatic rings. The summed E-state index contributed by atoms with van der Waals surface area (Å²) in [5.41, 5.74) is 2.20. The Morgan fingerprint density at radius 2 is 1.81 bits per heavy atom. The van der Waals surface area contributed by atoms with E-state index < -0.39 is 28.5 Å². The number of carbonyl (C=O) groups excluding carboxylic acids is 2. The van der Waals surface area contributed by atoms with Crippen LogP contribution in [0.5, 0.6) is 11.5 Å². The summed E-state index contributed by atoms with van der Waals surface area (Å²) in [5.74, 6) is 0.0418. The first-order valence-corrected chi connectivity index (χ1v) is 14.3. The quantitative estimate of drug-likeness (QED) is 0.506. The summed E-state index contributed by atoms with van der Waals surface area (Å²) in [6.07, 6.45) is 4.00. The number of aryl methyl sites for hydroxylation is 1. The molecule has 0 saturated heterocycles. The van der Waals surface area contributed by atoms with Crippen LogP contribution in [0, 0.1) is 6.92 Å². The number of nitrogens with one attached hydrogen (secondary N) is 1. The maximum Gasteiger partial charge on any atom is 0.244 e. The molecule has 2 aromatic rings. The molecule has 9 nitrogen and oxygen atoms in total. The van der Waals surface area contributed by atoms with Crippen LogP contribution in [0.15, 0.2) is 42.5 Å². The molecule has 1 fully saturated rings. The van der Waals surface area contributed by atoms with Crippen molar-refractivity contribution >= 4 is 27.5 Å². The second-order valence-corrected chi connectivity index (χ2v) is 11.8. The summed E-state index contributed by atoms with van der Waals surface area (Å²) in [6, 6.07) is 11.8. The van der Waals surface area contributed by atoms with E-state index in [2.05, 4.69) is 5.32 Å². The van der Waals surface area contributed by atoms with Crippen molar-refractivity contribution in [2.24, 2.45) is 0 Å². The average molecular weight is 530 g/mol. The maximum absolute atomic E-state index is 13.8. The van der Waals surface area contributed by atoms with E-state index in [1.54, 1.807) is 25.1 Å². The lowest BCUT2D eigenvalue weighted by atomic mass is 10.1. The monoisotopic (exact) mass is 529 g/mol. The number of amides is 2. The highest BCUT2D eigenvalue weighted by molar-refractivity contribution is 7.92. The van der Waals surface area contributed by atoms with Crippen molar-refractivity contribution in [2.45, 2.75) is 65.1 Å². The van der Waals surface area contributed by atoms with Crippen molar-refractivity contribution in [2.75, 3.05) is 23.4 Å². The number of hydrogen-bond donors (Lipinski definition) is 1. The Hall–Kier alpha value is -3.27. The SMILES string of the molecule is CCS(=O)(=O)N(CC(=O)N(Cc1cccc(C)c1)[C@@H](C)C(=O)NC1CCCC1)c1ccc2c(c1)OCO2. The zero-order valence-electron chi connectivity index (χ0n) is 21.6. The van der Waals surface area contributed by atoms with E-state index in [0.717, 1.165) is 41.1 Å². The first kappa shape index (κ1) is 26.8. The smallest absolute Gasteiger partial charge is 0.244 e. The van der Waals surface area contributed by atoms with Gasteiger partial charge < -0.3 is 19.7 Å². The van der Waals surface area contributed by atoms with Crippen LogP contribution in [0.2, 0.25) is 0 Å². The highest BCUT2D eigenvalue weighted by Gasteiger charge is 2.32. The minimum absolute atomic E-state index is 0.0517. The Labute approximate surface area is 218 Å². The number of rotatable bonds is 10. The van der Waals surface area contributed by atoms with Crippen LogP contribution in [0.25, 0.3) is 0 Å². The van der Waals surface area contributed by atoms with Crippen LogP contribution in [-0.4, -0.2) is 56.3 Å². The lowest BCUT2D eigenvalue weighted by molar-refractivity contribution is -0.139. The number of hydrogen-bond acceptors (Lipinski definition) is 6. The summed E-state index contributed by atoms with van der Waals surface area (Å²) < 4.78 is 38.0. The second-order valence-electron chi connectivity index (χ2n) is 9.62. The number of carbonyl (C=O) groups is 2. The average Bonchev–Trinajstić information content (AvgIpc) is 3.56. The van der Waals surface area contributed by atoms with Crippen LogP contribution in [0.4, 0.5) is 5.69 Å². The summed E-state index contributed by atoms with van der Waals surface area (Å²) >= 11 is 0. The zero-order chi connectivity index (χ0) is 26.6. The van der Waals surface area contributed by atoms with Gasteiger partial charge in [0.2, 0.25) is 28.6 Å². The first-order chi connectivity index (χ1) is 17.7. The van der Waals surface area contributed by atoms with Gasteiger partial charge in [0, 0.05) is 18.7 Å². The molecule has 1 aliphatic heterocycles. The summed E-state index contributed by atoms with van der Waals surface area (Å²) in [5, 5.41) is 3.07. The topological polar surface area (TPSA) is 105 Å². The predicted octanol–water partition coefficient (Wildman–Crippen LogP) is 3.36. The van der Waals surface area contributed by atoms with Crippen LogP contribution < -0.4 is 19.1 Å². The molecular formula is C27H35N3O6S. The predicted molar refractivity (Wildman–Crippen MR) is 141 cm³/mol. The van der Waals surface area contributed by atoms with E-state index in [9.17, 15) is 18.0 Å². The summed E-state index contributed by atoms with van der Waals surface area (Å²) in [6.45, 7) is 4.97. The molecule has 10 heteroatoms. The van der Waals surface area contributed by atoms with Crippen molar-refractivity contribution in [1.82, 2.24) is 10.2 Å². The molecule has 1 heterocycles. The van der Waals surface area contributed by atoms with Crippen LogP contribution in [-0.2, 0) is 26.2 Å². The van der Waals surface area contributed by atoms with Gasteiger partial charge in [-0.1, -0.05) is 42.7 Å². The normalized spacial score (nSPS) is 15.9. The van der Waals surface area contributed by atoms with E-state index in [1.807, 2.05) is 31.2 Å². The third kappa shape index (κ3) is 6.36. The minimum Gasteiger partial charge on any atom is -0.454 e. The first-order valence-electron chi connectivity index (χ1n) is 12.7. The third-order valence-corrected chi connectivity index (χ3v) is 8.67. The molecule has 2 aromatic carbocycles. The number of sulfonamides is 1. The van der Waals surface area contributed by atoms with E-state index in [0.29, 0.717) is 17.2 Å². The van der Waals surface area contributed by atoms with Gasteiger partial charge in [-0.3, -0.25) is 13.9 Å². The molecule has 2 amide bonds. The maximum atomic E-state index is 13.8. The van der Waals surface area contributed by atoms with Gasteiger partial charge in [0.15, 0.2) is 11.5 Å². The second kappa shape index (κ2) is 11.4. The Morgan fingerprint density at radius 1 is 1.08 bits per heavy atom. The summed E-state index contributed by atoms with van der Waals surface area (Å²) in [4.78, 5) is 28.4. The van der Waals surface area contributed by atoms with Gasteiger partial charge in [-0.25, -0.2) is 8.42 Å². The Morgan fingerprint density at radius 3 is 2.51 bits per heavy atom. The lowest BCUT2D eigenvalue weighted by Crippen LogP contribution is -2.52. The Kier molecular flexibility index (Phi) is 8.26. The van der Waals surface area contributed by atoms with Crippen LogP contribution >= 0.6 is 0 Å². The fourth-order valence-corrected chi connectivity index (χ4v) is 5.80. The molecule has 0 radical (unpaired) electrons. The van der Waals surface area contributed by atoms with Crippen molar-refractivity contribution < 1.29 is 27.5 Å². The van der Waals surface area contributed by atoms with Crippen LogP contribution in [0.3, 0.4) is 0 Å². The van der Waals surface area contributed by atoms with Gasteiger partial charge in [0.05, 0.1) is 11.4 Å². The van der Waals surface area contributed by atoms with E-state index in [-0.39, 0.29) is 31.0 Å². The molecule has 0 unspecified atom stereocenters. The van der Waals surface area contributed by atoms with Crippen molar-refractivity contribution in [3.8, 4) is 11.5 Å². The van der Waals surface area contributed by atoms with Crippen LogP contribution in [0.1, 0.15) is 50.7 Å². The van der Waals surface area contributed by atoms with Gasteiger partial charge in [-0.15, -0.1) is 0 Å². The molecule has 0 spiro atoms. The number of nitrogens with zero attached hydrogens (tertiary/aromatic N) is 2. The molecule has 1 saturated carbocycles. The van der Waals surface area contributed by atoms with Crippen molar-refractivity contribution in [3.63, 3.8) is 0 Å². The number of benzene rings is 2. The molecule has 1 atom stereocenters. The molecular weight excluding hydrogens is 494 g/mol. The summed E-state index contributed by atoms with van der Waals surface area (Å²) in [7, 11) is -3.81. The Bertz CT molecular complexity index is 1240. The van der Waals surface area contributed by atoms with Crippen molar-refractivity contribution in [3.05, 3.63) is 53.6 Å². The molecule has 0 aromatic heterocycles. The van der Waals surface area contributed by atoms with Crippen molar-refractivity contribution in [1.29, 1.82) is 0 Å². The number of anilines is 1. The zero-order valence-corrected chi connectivity index (χ0v) is 22.4. The van der Waals surface area contributed by atoms with E-state index in [1.165, 1.54) is 11.8 Å². The highest BCUT2D eigenvalue weighted by atomic mass is 32.2. The fraction of sp³-hybridized carbons (Fsp3) is 0.481. The molecule has 1 N–H and O–H groups in total. The van der Waals surface area contributed by atoms with Gasteiger partial charge in [-0.2, -0.15) is 0 Å². The largest absolute Gasteiger partial charge is 0.454 e. The van der Waals surface area contributed by atoms with Gasteiger partial charge >= 0.3 is 0 Å². The molecule has 4 rings (SSSR count). The number of ether oxygens (including phenoxy) is 2. The highest BCUT2D eigenvalue weighted by Crippen LogP contribution is 2.36. The standard InChI is InChI=1S/C27H35N3O6S/c1-4-37(33,34)30(23-12-13-24-25(15-23)36-18-35-24)17-26(31)29(16-21-9-7-8-19(2)14-21)20(3)27(32)28-22-10-5-6-11-22/h7-9,12-15,20,22H,4-6,10-11,16-18H2,1-3H3,(H,28,32)/t20-/m0/s1. The Balaban J connectivity index is 1.62. The minimum atomic E-state index is -3.81.